The van der Waals surface area contributed by atoms with Crippen LogP contribution < -0.4 is 0 Å². The molecule has 20 heavy (non-hydrogen) atoms. The highest BCUT2D eigenvalue weighted by atomic mass is 32.2. The Morgan fingerprint density at radius 3 is 2.40 bits per heavy atom. The minimum atomic E-state index is -3.35. The first-order valence-corrected chi connectivity index (χ1v) is 8.25. The summed E-state index contributed by atoms with van der Waals surface area (Å²) in [4.78, 5) is 15.7. The van der Waals surface area contributed by atoms with E-state index in [9.17, 15) is 13.2 Å². The molecule has 2 aromatic rings. The van der Waals surface area contributed by atoms with Gasteiger partial charge in [-0.25, -0.2) is 18.2 Å². The van der Waals surface area contributed by atoms with Crippen molar-refractivity contribution in [1.82, 2.24) is 4.98 Å². The fraction of sp³-hybridized carbons (Fsp3) is 0.0769. The van der Waals surface area contributed by atoms with Crippen LogP contribution in [-0.4, -0.2) is 30.7 Å². The van der Waals surface area contributed by atoms with E-state index in [1.165, 1.54) is 36.2 Å². The number of benzene rings is 1. The lowest BCUT2D eigenvalue weighted by Crippen LogP contribution is -2.00. The van der Waals surface area contributed by atoms with Crippen LogP contribution in [0.4, 0.5) is 0 Å². The van der Waals surface area contributed by atoms with Crippen molar-refractivity contribution >= 4 is 27.6 Å². The summed E-state index contributed by atoms with van der Waals surface area (Å²) in [5.74, 6) is -1.00. The van der Waals surface area contributed by atoms with Crippen LogP contribution >= 0.6 is 11.8 Å². The Kier molecular flexibility index (Phi) is 4.10. The summed E-state index contributed by atoms with van der Waals surface area (Å²) in [7, 11) is -3.35. The number of carbonyl (C=O) groups is 1. The molecular formula is C13H11NO4S2. The number of nitrogens with zero attached hydrogens (tertiary/aromatic N) is 1. The number of aromatic nitrogens is 1. The maximum absolute atomic E-state index is 11.7. The lowest BCUT2D eigenvalue weighted by Gasteiger charge is -2.06. The molecule has 5 nitrogen and oxygen atoms in total. The largest absolute Gasteiger partial charge is 0.478 e. The van der Waals surface area contributed by atoms with Crippen molar-refractivity contribution in [1.29, 1.82) is 0 Å². The molecule has 1 N–H and O–H groups in total. The monoisotopic (exact) mass is 309 g/mol. The first-order valence-electron chi connectivity index (χ1n) is 5.54. The number of hydrogen-bond acceptors (Lipinski definition) is 5. The third kappa shape index (κ3) is 3.37. The summed E-state index contributed by atoms with van der Waals surface area (Å²) in [5, 5.41) is 9.19. The zero-order chi connectivity index (χ0) is 14.8. The van der Waals surface area contributed by atoms with Crippen LogP contribution in [0, 0.1) is 0 Å². The van der Waals surface area contributed by atoms with Gasteiger partial charge in [0.1, 0.15) is 5.03 Å². The highest BCUT2D eigenvalue weighted by Crippen LogP contribution is 2.30. The smallest absolute Gasteiger partial charge is 0.335 e. The highest BCUT2D eigenvalue weighted by Gasteiger charge is 2.15. The number of rotatable bonds is 4. The first-order chi connectivity index (χ1) is 9.38. The molecule has 1 heterocycles. The third-order valence-electron chi connectivity index (χ3n) is 2.45. The minimum absolute atomic E-state index is 0.160. The molecule has 0 aliphatic carbocycles. The van der Waals surface area contributed by atoms with E-state index in [0.717, 1.165) is 11.2 Å². The Morgan fingerprint density at radius 1 is 1.20 bits per heavy atom. The van der Waals surface area contributed by atoms with E-state index in [-0.39, 0.29) is 10.5 Å². The van der Waals surface area contributed by atoms with Crippen LogP contribution in [0.1, 0.15) is 10.4 Å². The molecular weight excluding hydrogens is 298 g/mol. The molecule has 1 aromatic carbocycles. The summed E-state index contributed by atoms with van der Waals surface area (Å²) in [5.41, 5.74) is 0.179. The molecule has 104 valence electrons. The predicted molar refractivity (Wildman–Crippen MR) is 74.9 cm³/mol. The van der Waals surface area contributed by atoms with Crippen molar-refractivity contribution in [2.45, 2.75) is 14.8 Å². The first kappa shape index (κ1) is 14.5. The van der Waals surface area contributed by atoms with Crippen molar-refractivity contribution in [3.63, 3.8) is 0 Å². The average Bonchev–Trinajstić information content (AvgIpc) is 2.38. The van der Waals surface area contributed by atoms with E-state index < -0.39 is 15.8 Å². The molecule has 0 saturated carbocycles. The second-order valence-electron chi connectivity index (χ2n) is 4.01. The fourth-order valence-electron chi connectivity index (χ4n) is 1.51. The summed E-state index contributed by atoms with van der Waals surface area (Å²) in [6.07, 6.45) is 2.64. The molecule has 0 radical (unpaired) electrons. The Labute approximate surface area is 120 Å². The van der Waals surface area contributed by atoms with Gasteiger partial charge in [0, 0.05) is 17.3 Å². The van der Waals surface area contributed by atoms with Crippen molar-refractivity contribution in [2.24, 2.45) is 0 Å². The number of carboxylic acid groups (broad SMARTS) is 1. The van der Waals surface area contributed by atoms with Crippen molar-refractivity contribution in [3.05, 3.63) is 48.2 Å². The van der Waals surface area contributed by atoms with Crippen LogP contribution in [-0.2, 0) is 9.84 Å². The lowest BCUT2D eigenvalue weighted by molar-refractivity contribution is 0.0697. The molecule has 0 amide bonds. The Hall–Kier alpha value is -1.86. The van der Waals surface area contributed by atoms with E-state index in [0.29, 0.717) is 5.03 Å². The average molecular weight is 309 g/mol. The number of sulfone groups is 1. The van der Waals surface area contributed by atoms with E-state index in [1.807, 2.05) is 0 Å². The van der Waals surface area contributed by atoms with Gasteiger partial charge in [-0.1, -0.05) is 11.8 Å². The molecule has 0 aliphatic rings. The molecule has 0 saturated heterocycles. The van der Waals surface area contributed by atoms with Crippen molar-refractivity contribution in [2.75, 3.05) is 6.26 Å². The van der Waals surface area contributed by atoms with E-state index in [4.69, 9.17) is 5.11 Å². The van der Waals surface area contributed by atoms with Gasteiger partial charge in [0.15, 0.2) is 9.84 Å². The van der Waals surface area contributed by atoms with Gasteiger partial charge in [-0.15, -0.1) is 0 Å². The second-order valence-corrected chi connectivity index (χ2v) is 7.06. The standard InChI is InChI=1S/C13H11NO4S2/c1-20(17,18)11-3-2-8-14-12(11)19-10-6-4-9(5-7-10)13(15)16/h2-8H,1H3,(H,15,16). The number of carboxylic acids is 1. The zero-order valence-electron chi connectivity index (χ0n) is 10.5. The summed E-state index contributed by atoms with van der Waals surface area (Å²) in [6.45, 7) is 0. The van der Waals surface area contributed by atoms with Crippen molar-refractivity contribution < 1.29 is 18.3 Å². The topological polar surface area (TPSA) is 84.3 Å². The second kappa shape index (κ2) is 5.64. The predicted octanol–water partition coefficient (Wildman–Crippen LogP) is 2.33. The molecule has 0 atom stereocenters. The number of hydrogen-bond donors (Lipinski definition) is 1. The van der Waals surface area contributed by atoms with Gasteiger partial charge in [0.25, 0.3) is 0 Å². The Balaban J connectivity index is 2.33. The molecule has 0 unspecified atom stereocenters. The number of aromatic carboxylic acids is 1. The van der Waals surface area contributed by atoms with Crippen molar-refractivity contribution in [3.8, 4) is 0 Å². The molecule has 0 fully saturated rings. The van der Waals surface area contributed by atoms with Gasteiger partial charge in [-0.3, -0.25) is 0 Å². The van der Waals surface area contributed by atoms with Gasteiger partial charge in [0.05, 0.1) is 10.5 Å². The summed E-state index contributed by atoms with van der Waals surface area (Å²) < 4.78 is 23.3. The van der Waals surface area contributed by atoms with Crippen LogP contribution in [0.3, 0.4) is 0 Å². The molecule has 0 bridgehead atoms. The third-order valence-corrected chi connectivity index (χ3v) is 4.74. The molecule has 2 rings (SSSR count). The highest BCUT2D eigenvalue weighted by molar-refractivity contribution is 8.00. The minimum Gasteiger partial charge on any atom is -0.478 e. The van der Waals surface area contributed by atoms with Gasteiger partial charge in [0.2, 0.25) is 0 Å². The van der Waals surface area contributed by atoms with E-state index in [2.05, 4.69) is 4.98 Å². The van der Waals surface area contributed by atoms with Crippen LogP contribution in [0.2, 0.25) is 0 Å². The van der Waals surface area contributed by atoms with E-state index in [1.54, 1.807) is 18.2 Å². The molecule has 0 aliphatic heterocycles. The Morgan fingerprint density at radius 2 is 1.85 bits per heavy atom. The SMILES string of the molecule is CS(=O)(=O)c1cccnc1Sc1ccc(C(=O)O)cc1. The maximum atomic E-state index is 11.7. The summed E-state index contributed by atoms with van der Waals surface area (Å²) in [6, 6.07) is 9.23. The van der Waals surface area contributed by atoms with Crippen LogP contribution in [0.15, 0.2) is 57.4 Å². The molecule has 1 aromatic heterocycles. The maximum Gasteiger partial charge on any atom is 0.335 e. The van der Waals surface area contributed by atoms with Gasteiger partial charge in [-0.2, -0.15) is 0 Å². The van der Waals surface area contributed by atoms with Gasteiger partial charge < -0.3 is 5.11 Å². The summed E-state index contributed by atoms with van der Waals surface area (Å²) >= 11 is 1.18. The van der Waals surface area contributed by atoms with E-state index >= 15 is 0 Å². The zero-order valence-corrected chi connectivity index (χ0v) is 12.1. The van der Waals surface area contributed by atoms with Crippen LogP contribution in [0.5, 0.6) is 0 Å². The van der Waals surface area contributed by atoms with Gasteiger partial charge in [-0.05, 0) is 36.4 Å². The molecule has 0 spiro atoms. The quantitative estimate of drug-likeness (QED) is 0.933. The van der Waals surface area contributed by atoms with Crippen LogP contribution in [0.25, 0.3) is 0 Å². The fourth-order valence-corrected chi connectivity index (χ4v) is 3.56. The normalized spacial score (nSPS) is 11.2. The Bertz CT molecular complexity index is 739. The van der Waals surface area contributed by atoms with Gasteiger partial charge >= 0.3 is 5.97 Å². The molecule has 7 heteroatoms. The lowest BCUT2D eigenvalue weighted by atomic mass is 10.2. The number of pyridine rings is 1.